The Hall–Kier alpha value is -3.98. The van der Waals surface area contributed by atoms with Gasteiger partial charge in [-0.15, -0.1) is 0 Å². The number of carboxylic acids is 1. The van der Waals surface area contributed by atoms with Gasteiger partial charge in [0, 0.05) is 22.3 Å². The molecule has 0 radical (unpaired) electrons. The molecule has 2 N–H and O–H groups in total. The van der Waals surface area contributed by atoms with E-state index in [2.05, 4.69) is 34.6 Å². The topological polar surface area (TPSA) is 88.0 Å². The molecule has 6 nitrogen and oxygen atoms in total. The van der Waals surface area contributed by atoms with E-state index in [1.54, 1.807) is 12.4 Å². The quantitative estimate of drug-likeness (QED) is 0.343. The largest absolute Gasteiger partial charge is 0.490 e. The van der Waals surface area contributed by atoms with Crippen molar-refractivity contribution < 1.29 is 23.1 Å². The molecule has 1 aliphatic carbocycles. The van der Waals surface area contributed by atoms with Gasteiger partial charge in [-0.05, 0) is 48.2 Å². The Morgan fingerprint density at radius 1 is 1.00 bits per heavy atom. The summed E-state index contributed by atoms with van der Waals surface area (Å²) in [7, 11) is 0. The second kappa shape index (κ2) is 10.1. The van der Waals surface area contributed by atoms with Crippen LogP contribution in [0.5, 0.6) is 0 Å². The number of rotatable bonds is 3. The second-order valence-corrected chi connectivity index (χ2v) is 7.99. The maximum atomic E-state index is 10.6. The van der Waals surface area contributed by atoms with Gasteiger partial charge in [0.2, 0.25) is 5.95 Å². The SMILES string of the molecule is Clc1ccc2c(c1)CCc1nc(Nc3cccnc3)nc(-c3ccccc3)c1-2.O=C(O)C(F)(F)F. The van der Waals surface area contributed by atoms with Crippen LogP contribution in [0, 0.1) is 0 Å². The molecule has 5 rings (SSSR count). The third-order valence-electron chi connectivity index (χ3n) is 5.16. The number of aryl methyl sites for hydroxylation is 2. The fourth-order valence-corrected chi connectivity index (χ4v) is 3.86. The van der Waals surface area contributed by atoms with E-state index in [4.69, 9.17) is 31.5 Å². The summed E-state index contributed by atoms with van der Waals surface area (Å²) in [6, 6.07) is 20.2. The van der Waals surface area contributed by atoms with Gasteiger partial charge >= 0.3 is 12.1 Å². The molecular weight excluding hydrogens is 481 g/mol. The lowest BCUT2D eigenvalue weighted by atomic mass is 9.86. The molecule has 0 bridgehead atoms. The molecule has 0 saturated carbocycles. The fraction of sp³-hybridized carbons (Fsp3) is 0.120. The highest BCUT2D eigenvalue weighted by Crippen LogP contribution is 2.40. The van der Waals surface area contributed by atoms with Gasteiger partial charge in [-0.2, -0.15) is 13.2 Å². The second-order valence-electron chi connectivity index (χ2n) is 7.55. The zero-order chi connectivity index (χ0) is 25.0. The molecule has 0 atom stereocenters. The minimum Gasteiger partial charge on any atom is -0.475 e. The van der Waals surface area contributed by atoms with Gasteiger partial charge in [0.1, 0.15) is 0 Å². The van der Waals surface area contributed by atoms with Gasteiger partial charge < -0.3 is 10.4 Å². The van der Waals surface area contributed by atoms with E-state index < -0.39 is 12.1 Å². The van der Waals surface area contributed by atoms with Gasteiger partial charge in [0.05, 0.1) is 23.3 Å². The van der Waals surface area contributed by atoms with Crippen LogP contribution in [0.2, 0.25) is 5.02 Å². The Kier molecular flexibility index (Phi) is 6.97. The number of aromatic nitrogens is 3. The van der Waals surface area contributed by atoms with E-state index in [1.807, 2.05) is 36.4 Å². The number of fused-ring (bicyclic) bond motifs is 3. The molecule has 2 aromatic heterocycles. The van der Waals surface area contributed by atoms with Crippen molar-refractivity contribution in [3.8, 4) is 22.4 Å². The van der Waals surface area contributed by atoms with Crippen molar-refractivity contribution in [2.24, 2.45) is 0 Å². The van der Waals surface area contributed by atoms with Crippen LogP contribution in [-0.2, 0) is 17.6 Å². The average molecular weight is 499 g/mol. The summed E-state index contributed by atoms with van der Waals surface area (Å²) >= 11 is 6.23. The van der Waals surface area contributed by atoms with E-state index in [0.717, 1.165) is 51.6 Å². The van der Waals surface area contributed by atoms with Crippen molar-refractivity contribution in [2.45, 2.75) is 19.0 Å². The Morgan fingerprint density at radius 3 is 2.40 bits per heavy atom. The Balaban J connectivity index is 0.000000364. The zero-order valence-electron chi connectivity index (χ0n) is 18.1. The summed E-state index contributed by atoms with van der Waals surface area (Å²) in [6.07, 6.45) is 0.200. The van der Waals surface area contributed by atoms with Crippen molar-refractivity contribution in [3.05, 3.63) is 89.3 Å². The lowest BCUT2D eigenvalue weighted by molar-refractivity contribution is -0.192. The molecule has 0 fully saturated rings. The third kappa shape index (κ3) is 5.75. The Morgan fingerprint density at radius 2 is 1.74 bits per heavy atom. The number of nitrogens with zero attached hydrogens (tertiary/aromatic N) is 3. The van der Waals surface area contributed by atoms with E-state index in [9.17, 15) is 13.2 Å². The van der Waals surface area contributed by atoms with Crippen molar-refractivity contribution >= 4 is 29.2 Å². The minimum atomic E-state index is -5.08. The number of anilines is 2. The van der Waals surface area contributed by atoms with Gasteiger partial charge in [-0.25, -0.2) is 14.8 Å². The summed E-state index contributed by atoms with van der Waals surface area (Å²) in [4.78, 5) is 22.8. The fourth-order valence-electron chi connectivity index (χ4n) is 3.66. The Bertz CT molecular complexity index is 1350. The van der Waals surface area contributed by atoms with Gasteiger partial charge in [0.15, 0.2) is 0 Å². The minimum absolute atomic E-state index is 0.586. The molecular formula is C25H18ClF3N4O2. The number of carbonyl (C=O) groups is 1. The van der Waals surface area contributed by atoms with Gasteiger partial charge in [-0.1, -0.05) is 48.0 Å². The summed E-state index contributed by atoms with van der Waals surface area (Å²) in [5.74, 6) is -2.17. The molecule has 1 aliphatic rings. The number of nitrogens with one attached hydrogen (secondary N) is 1. The van der Waals surface area contributed by atoms with E-state index >= 15 is 0 Å². The number of carboxylic acid groups (broad SMARTS) is 1. The third-order valence-corrected chi connectivity index (χ3v) is 5.39. The van der Waals surface area contributed by atoms with Crippen LogP contribution in [-0.4, -0.2) is 32.2 Å². The van der Waals surface area contributed by atoms with E-state index in [1.165, 1.54) is 5.56 Å². The van der Waals surface area contributed by atoms with Crippen LogP contribution in [0.3, 0.4) is 0 Å². The smallest absolute Gasteiger partial charge is 0.475 e. The first-order valence-electron chi connectivity index (χ1n) is 10.4. The first-order valence-corrected chi connectivity index (χ1v) is 10.8. The average Bonchev–Trinajstić information content (AvgIpc) is 2.84. The molecule has 0 aliphatic heterocycles. The normalized spacial score (nSPS) is 12.0. The molecule has 0 amide bonds. The number of hydrogen-bond donors (Lipinski definition) is 2. The Labute approximate surface area is 203 Å². The van der Waals surface area contributed by atoms with Gasteiger partial charge in [0.25, 0.3) is 0 Å². The summed E-state index contributed by atoms with van der Waals surface area (Å²) in [5.41, 5.74) is 7.42. The predicted octanol–water partition coefficient (Wildman–Crippen LogP) is 6.33. The lowest BCUT2D eigenvalue weighted by Gasteiger charge is -2.23. The van der Waals surface area contributed by atoms with E-state index in [-0.39, 0.29) is 0 Å². The van der Waals surface area contributed by atoms with Crippen LogP contribution in [0.25, 0.3) is 22.4 Å². The highest BCUT2D eigenvalue weighted by Gasteiger charge is 2.38. The van der Waals surface area contributed by atoms with Crippen molar-refractivity contribution in [2.75, 3.05) is 5.32 Å². The van der Waals surface area contributed by atoms with Crippen molar-refractivity contribution in [1.29, 1.82) is 0 Å². The molecule has 178 valence electrons. The summed E-state index contributed by atoms with van der Waals surface area (Å²) in [6.45, 7) is 0. The van der Waals surface area contributed by atoms with Gasteiger partial charge in [-0.3, -0.25) is 4.98 Å². The van der Waals surface area contributed by atoms with Crippen LogP contribution in [0.1, 0.15) is 11.3 Å². The summed E-state index contributed by atoms with van der Waals surface area (Å²) < 4.78 is 31.7. The standard InChI is InChI=1S/C23H17ClN4.C2HF3O2/c24-17-9-10-19-16(13-17)8-11-20-21(19)22(15-5-2-1-3-6-15)28-23(27-20)26-18-7-4-12-25-14-18;3-2(4,5)1(6)7/h1-7,9-10,12-14H,8,11H2,(H,26,27,28);(H,6,7). The van der Waals surface area contributed by atoms with Crippen LogP contribution >= 0.6 is 11.6 Å². The zero-order valence-corrected chi connectivity index (χ0v) is 18.8. The predicted molar refractivity (Wildman–Crippen MR) is 127 cm³/mol. The molecule has 35 heavy (non-hydrogen) atoms. The first kappa shape index (κ1) is 24.2. The molecule has 0 spiro atoms. The number of aliphatic carboxylic acids is 1. The maximum absolute atomic E-state index is 10.6. The van der Waals surface area contributed by atoms with Crippen molar-refractivity contribution in [3.63, 3.8) is 0 Å². The lowest BCUT2D eigenvalue weighted by Crippen LogP contribution is -2.21. The highest BCUT2D eigenvalue weighted by molar-refractivity contribution is 6.30. The number of hydrogen-bond acceptors (Lipinski definition) is 5. The summed E-state index contributed by atoms with van der Waals surface area (Å²) in [5, 5.41) is 11.2. The monoisotopic (exact) mass is 498 g/mol. The van der Waals surface area contributed by atoms with Crippen LogP contribution in [0.15, 0.2) is 73.1 Å². The first-order chi connectivity index (χ1) is 16.7. The maximum Gasteiger partial charge on any atom is 0.490 e. The van der Waals surface area contributed by atoms with Crippen LogP contribution < -0.4 is 5.32 Å². The molecule has 2 heterocycles. The number of alkyl halides is 3. The number of halogens is 4. The van der Waals surface area contributed by atoms with Crippen molar-refractivity contribution in [1.82, 2.24) is 15.0 Å². The highest BCUT2D eigenvalue weighted by atomic mass is 35.5. The molecule has 0 unspecified atom stereocenters. The molecule has 0 saturated heterocycles. The van der Waals surface area contributed by atoms with Crippen LogP contribution in [0.4, 0.5) is 24.8 Å². The molecule has 4 aromatic rings. The molecule has 10 heteroatoms. The number of pyridine rings is 1. The number of benzene rings is 2. The molecule has 2 aromatic carbocycles. The van der Waals surface area contributed by atoms with E-state index in [0.29, 0.717) is 5.95 Å².